The lowest BCUT2D eigenvalue weighted by Gasteiger charge is -2.11. The number of rotatable bonds is 3. The Kier molecular flexibility index (Phi) is 4.01. The molecule has 0 aliphatic rings. The second kappa shape index (κ2) is 6.48. The molecule has 0 fully saturated rings. The number of aryl methyl sites for hydroxylation is 1. The van der Waals surface area contributed by atoms with Crippen LogP contribution in [0.15, 0.2) is 66.7 Å². The van der Waals surface area contributed by atoms with Crippen molar-refractivity contribution in [2.24, 2.45) is 0 Å². The quantitative estimate of drug-likeness (QED) is 0.500. The number of hydrogen-bond acceptors (Lipinski definition) is 4. The largest absolute Gasteiger partial charge is 0.294 e. The lowest BCUT2D eigenvalue weighted by Crippen LogP contribution is -2.01. The molecule has 2 aromatic heterocycles. The highest BCUT2D eigenvalue weighted by Crippen LogP contribution is 2.31. The fourth-order valence-corrected chi connectivity index (χ4v) is 3.06. The zero-order chi connectivity index (χ0) is 18.1. The number of nitrogens with zero attached hydrogens (tertiary/aromatic N) is 3. The second-order valence-corrected chi connectivity index (χ2v) is 6.18. The predicted octanol–water partition coefficient (Wildman–Crippen LogP) is 4.87. The first-order chi connectivity index (χ1) is 12.6. The Morgan fingerprint density at radius 2 is 1.58 bits per heavy atom. The number of carbonyl (C=O) groups excluding carboxylic acids is 1. The van der Waals surface area contributed by atoms with E-state index in [-0.39, 0.29) is 5.78 Å². The van der Waals surface area contributed by atoms with Crippen molar-refractivity contribution >= 4 is 16.7 Å². The van der Waals surface area contributed by atoms with E-state index in [1.54, 1.807) is 6.92 Å². The Balaban J connectivity index is 2.05. The van der Waals surface area contributed by atoms with Gasteiger partial charge in [0.25, 0.3) is 0 Å². The maximum Gasteiger partial charge on any atom is 0.179 e. The molecule has 0 aliphatic heterocycles. The van der Waals surface area contributed by atoms with Crippen molar-refractivity contribution in [1.29, 1.82) is 0 Å². The molecule has 0 atom stereocenters. The van der Waals surface area contributed by atoms with Crippen molar-refractivity contribution in [2.45, 2.75) is 13.8 Å². The van der Waals surface area contributed by atoms with Gasteiger partial charge >= 0.3 is 0 Å². The van der Waals surface area contributed by atoms with Gasteiger partial charge in [-0.25, -0.2) is 15.0 Å². The number of aromatic nitrogens is 3. The molecule has 0 amide bonds. The third-order valence-electron chi connectivity index (χ3n) is 4.28. The Morgan fingerprint density at radius 1 is 0.808 bits per heavy atom. The first kappa shape index (κ1) is 16.1. The summed E-state index contributed by atoms with van der Waals surface area (Å²) in [6, 6.07) is 21.2. The second-order valence-electron chi connectivity index (χ2n) is 6.18. The molecule has 126 valence electrons. The van der Waals surface area contributed by atoms with E-state index in [4.69, 9.17) is 4.98 Å². The van der Waals surface area contributed by atoms with Gasteiger partial charge in [0.15, 0.2) is 11.6 Å². The van der Waals surface area contributed by atoms with E-state index < -0.39 is 0 Å². The number of pyridine rings is 1. The van der Waals surface area contributed by atoms with Crippen LogP contribution in [0.1, 0.15) is 23.0 Å². The molecule has 0 N–H and O–H groups in total. The van der Waals surface area contributed by atoms with E-state index in [2.05, 4.69) is 9.97 Å². The predicted molar refractivity (Wildman–Crippen MR) is 103 cm³/mol. The Bertz CT molecular complexity index is 1130. The highest BCUT2D eigenvalue weighted by molar-refractivity contribution is 6.04. The summed E-state index contributed by atoms with van der Waals surface area (Å²) >= 11 is 0. The summed E-state index contributed by atoms with van der Waals surface area (Å²) in [5.41, 5.74) is 4.67. The van der Waals surface area contributed by atoms with Crippen LogP contribution < -0.4 is 0 Å². The molecule has 0 spiro atoms. The topological polar surface area (TPSA) is 55.7 Å². The van der Waals surface area contributed by atoms with Crippen LogP contribution in [0.5, 0.6) is 0 Å². The third kappa shape index (κ3) is 2.86. The van der Waals surface area contributed by atoms with Gasteiger partial charge in [0.1, 0.15) is 5.69 Å². The number of benzene rings is 2. The molecule has 4 aromatic rings. The summed E-state index contributed by atoms with van der Waals surface area (Å²) in [6.45, 7) is 3.52. The molecule has 0 saturated carbocycles. The summed E-state index contributed by atoms with van der Waals surface area (Å²) in [5.74, 6) is 0.569. The average Bonchev–Trinajstić information content (AvgIpc) is 2.67. The Hall–Kier alpha value is -3.40. The summed E-state index contributed by atoms with van der Waals surface area (Å²) in [6.07, 6.45) is 0. The Labute approximate surface area is 151 Å². The normalized spacial score (nSPS) is 10.8. The summed E-state index contributed by atoms with van der Waals surface area (Å²) in [4.78, 5) is 26.2. The first-order valence-electron chi connectivity index (χ1n) is 8.44. The van der Waals surface area contributed by atoms with Gasteiger partial charge in [0, 0.05) is 22.2 Å². The molecule has 0 bridgehead atoms. The van der Waals surface area contributed by atoms with Gasteiger partial charge in [0.05, 0.1) is 11.2 Å². The molecular formula is C22H17N3O. The summed E-state index contributed by atoms with van der Waals surface area (Å²) < 4.78 is 0. The zero-order valence-corrected chi connectivity index (χ0v) is 14.6. The summed E-state index contributed by atoms with van der Waals surface area (Å²) in [5, 5.41) is 0.914. The van der Waals surface area contributed by atoms with Crippen LogP contribution in [0, 0.1) is 6.92 Å². The minimum absolute atomic E-state index is 0.0125. The van der Waals surface area contributed by atoms with Crippen molar-refractivity contribution in [3.63, 3.8) is 0 Å². The van der Waals surface area contributed by atoms with Crippen LogP contribution in [-0.2, 0) is 0 Å². The van der Waals surface area contributed by atoms with Gasteiger partial charge in [-0.2, -0.15) is 0 Å². The Morgan fingerprint density at radius 3 is 2.38 bits per heavy atom. The van der Waals surface area contributed by atoms with Crippen molar-refractivity contribution in [1.82, 2.24) is 15.0 Å². The highest BCUT2D eigenvalue weighted by atomic mass is 16.1. The van der Waals surface area contributed by atoms with Gasteiger partial charge in [-0.1, -0.05) is 48.5 Å². The van der Waals surface area contributed by atoms with E-state index in [0.717, 1.165) is 33.5 Å². The standard InChI is InChI=1S/C22H17N3O/c1-14-8-7-13-20(23-14)22-24-19-12-6-5-11-18(19)21(25-22)17-10-4-3-9-16(17)15(2)26/h3-13H,1-2H3. The number of para-hydroxylation sites is 1. The molecule has 0 aliphatic carbocycles. The monoisotopic (exact) mass is 339 g/mol. The number of fused-ring (bicyclic) bond motifs is 1. The smallest absolute Gasteiger partial charge is 0.179 e. The van der Waals surface area contributed by atoms with Crippen molar-refractivity contribution in [2.75, 3.05) is 0 Å². The number of carbonyl (C=O) groups is 1. The van der Waals surface area contributed by atoms with Crippen molar-refractivity contribution in [3.05, 3.63) is 78.0 Å². The number of Topliss-reactive ketones (excluding diaryl/α,β-unsaturated/α-hetero) is 1. The number of hydrogen-bond donors (Lipinski definition) is 0. The van der Waals surface area contributed by atoms with Crippen LogP contribution in [0.2, 0.25) is 0 Å². The van der Waals surface area contributed by atoms with Gasteiger partial charge in [-0.3, -0.25) is 4.79 Å². The van der Waals surface area contributed by atoms with Gasteiger partial charge in [-0.05, 0) is 32.0 Å². The fraction of sp³-hybridized carbons (Fsp3) is 0.0909. The molecule has 4 nitrogen and oxygen atoms in total. The third-order valence-corrected chi connectivity index (χ3v) is 4.28. The zero-order valence-electron chi connectivity index (χ0n) is 14.6. The molecule has 2 heterocycles. The highest BCUT2D eigenvalue weighted by Gasteiger charge is 2.16. The van der Waals surface area contributed by atoms with Crippen molar-refractivity contribution in [3.8, 4) is 22.8 Å². The maximum absolute atomic E-state index is 12.1. The van der Waals surface area contributed by atoms with E-state index in [1.807, 2.05) is 73.7 Å². The fourth-order valence-electron chi connectivity index (χ4n) is 3.06. The minimum Gasteiger partial charge on any atom is -0.294 e. The van der Waals surface area contributed by atoms with Crippen LogP contribution in [0.3, 0.4) is 0 Å². The molecule has 4 rings (SSSR count). The van der Waals surface area contributed by atoms with Gasteiger partial charge in [-0.15, -0.1) is 0 Å². The SMILES string of the molecule is CC(=O)c1ccccc1-c1nc(-c2cccc(C)n2)nc2ccccc12. The molecule has 0 saturated heterocycles. The first-order valence-corrected chi connectivity index (χ1v) is 8.44. The van der Waals surface area contributed by atoms with Gasteiger partial charge < -0.3 is 0 Å². The molecule has 26 heavy (non-hydrogen) atoms. The molecule has 0 unspecified atom stereocenters. The van der Waals surface area contributed by atoms with E-state index in [0.29, 0.717) is 11.4 Å². The lowest BCUT2D eigenvalue weighted by molar-refractivity contribution is 0.101. The van der Waals surface area contributed by atoms with Crippen molar-refractivity contribution < 1.29 is 4.79 Å². The van der Waals surface area contributed by atoms with Crippen LogP contribution in [-0.4, -0.2) is 20.7 Å². The van der Waals surface area contributed by atoms with E-state index >= 15 is 0 Å². The lowest BCUT2D eigenvalue weighted by atomic mass is 9.98. The van der Waals surface area contributed by atoms with Crippen LogP contribution >= 0.6 is 0 Å². The average molecular weight is 339 g/mol. The van der Waals surface area contributed by atoms with Crippen LogP contribution in [0.4, 0.5) is 0 Å². The van der Waals surface area contributed by atoms with E-state index in [9.17, 15) is 4.79 Å². The van der Waals surface area contributed by atoms with Crippen LogP contribution in [0.25, 0.3) is 33.7 Å². The minimum atomic E-state index is 0.0125. The summed E-state index contributed by atoms with van der Waals surface area (Å²) in [7, 11) is 0. The van der Waals surface area contributed by atoms with Gasteiger partial charge in [0.2, 0.25) is 0 Å². The maximum atomic E-state index is 12.1. The molecule has 2 aromatic carbocycles. The molecule has 4 heteroatoms. The molecule has 0 radical (unpaired) electrons. The van der Waals surface area contributed by atoms with E-state index in [1.165, 1.54) is 0 Å². The number of ketones is 1. The molecular weight excluding hydrogens is 322 g/mol.